The number of aliphatic hydroxyl groups excluding tert-OH is 1. The Morgan fingerprint density at radius 3 is 1.20 bits per heavy atom. The fraction of sp³-hybridized carbons (Fsp3) is 0.933. The first kappa shape index (κ1) is 27.7. The number of aliphatic hydroxyl groups is 1. The molecule has 0 aliphatic rings. The van der Waals surface area contributed by atoms with Crippen molar-refractivity contribution in [3.8, 4) is 0 Å². The Balaban J connectivity index is -0.0000000862. The van der Waals surface area contributed by atoms with Gasteiger partial charge in [-0.15, -0.1) is 0 Å². The smallest absolute Gasteiger partial charge is 0.219 e. The zero-order chi connectivity index (χ0) is 16.6. The first-order valence-electron chi connectivity index (χ1n) is 7.66. The van der Waals surface area contributed by atoms with Crippen LogP contribution >= 0.6 is 0 Å². The average molecular weight is 293 g/mol. The Morgan fingerprint density at radius 1 is 0.850 bits per heavy atom. The van der Waals surface area contributed by atoms with E-state index >= 15 is 0 Å². The normalized spacial score (nSPS) is 8.00. The van der Waals surface area contributed by atoms with Crippen molar-refractivity contribution in [2.45, 2.75) is 53.4 Å². The lowest BCUT2D eigenvalue weighted by Gasteiger charge is -1.87. The molecule has 126 valence electrons. The molecular formula is C15H39N3O2. The largest absolute Gasteiger partial charge is 0.396 e. The summed E-state index contributed by atoms with van der Waals surface area (Å²) in [6.45, 7) is 10.6. The third-order valence-corrected chi connectivity index (χ3v) is 1.82. The SMILES string of the molecule is CCC(=O)NC.CCCNC.CCCNC.CCCO. The average Bonchev–Trinajstić information content (AvgIpc) is 2.49. The second-order valence-electron chi connectivity index (χ2n) is 3.96. The lowest BCUT2D eigenvalue weighted by atomic mass is 10.5. The van der Waals surface area contributed by atoms with Gasteiger partial charge in [0.25, 0.3) is 0 Å². The highest BCUT2D eigenvalue weighted by atomic mass is 16.2. The van der Waals surface area contributed by atoms with Crippen molar-refractivity contribution in [1.29, 1.82) is 0 Å². The van der Waals surface area contributed by atoms with E-state index in [0.717, 1.165) is 19.5 Å². The first-order chi connectivity index (χ1) is 9.55. The van der Waals surface area contributed by atoms with Crippen molar-refractivity contribution < 1.29 is 9.90 Å². The molecule has 0 aliphatic heterocycles. The molecule has 0 fully saturated rings. The highest BCUT2D eigenvalue weighted by Crippen LogP contribution is 1.68. The van der Waals surface area contributed by atoms with Crippen molar-refractivity contribution in [3.63, 3.8) is 0 Å². The van der Waals surface area contributed by atoms with Gasteiger partial charge in [-0.05, 0) is 46.4 Å². The molecule has 0 aliphatic carbocycles. The lowest BCUT2D eigenvalue weighted by molar-refractivity contribution is -0.120. The van der Waals surface area contributed by atoms with Crippen molar-refractivity contribution in [2.75, 3.05) is 40.8 Å². The minimum atomic E-state index is 0.0926. The van der Waals surface area contributed by atoms with Gasteiger partial charge >= 0.3 is 0 Å². The van der Waals surface area contributed by atoms with E-state index in [-0.39, 0.29) is 5.91 Å². The van der Waals surface area contributed by atoms with E-state index in [2.05, 4.69) is 29.8 Å². The van der Waals surface area contributed by atoms with Crippen molar-refractivity contribution >= 4 is 5.91 Å². The van der Waals surface area contributed by atoms with Crippen LogP contribution in [0.25, 0.3) is 0 Å². The molecule has 0 saturated carbocycles. The Bertz CT molecular complexity index is 127. The van der Waals surface area contributed by atoms with Gasteiger partial charge in [0.05, 0.1) is 0 Å². The molecule has 0 atom stereocenters. The Kier molecular flexibility index (Phi) is 50.1. The quantitative estimate of drug-likeness (QED) is 0.602. The topological polar surface area (TPSA) is 73.4 Å². The van der Waals surface area contributed by atoms with Crippen molar-refractivity contribution in [3.05, 3.63) is 0 Å². The molecule has 5 heteroatoms. The van der Waals surface area contributed by atoms with E-state index in [9.17, 15) is 4.79 Å². The van der Waals surface area contributed by atoms with E-state index in [4.69, 9.17) is 5.11 Å². The fourth-order valence-electron chi connectivity index (χ4n) is 0.677. The molecule has 5 nitrogen and oxygen atoms in total. The molecule has 0 aromatic heterocycles. The van der Waals surface area contributed by atoms with Crippen LogP contribution in [0.5, 0.6) is 0 Å². The number of amides is 1. The number of carbonyl (C=O) groups is 1. The molecule has 0 spiro atoms. The lowest BCUT2D eigenvalue weighted by Crippen LogP contribution is -2.15. The number of nitrogens with one attached hydrogen (secondary N) is 3. The van der Waals surface area contributed by atoms with Gasteiger partial charge in [-0.2, -0.15) is 0 Å². The minimum Gasteiger partial charge on any atom is -0.396 e. The maximum Gasteiger partial charge on any atom is 0.219 e. The molecule has 20 heavy (non-hydrogen) atoms. The van der Waals surface area contributed by atoms with Crippen LogP contribution in [0.2, 0.25) is 0 Å². The van der Waals surface area contributed by atoms with Crippen LogP contribution in [-0.2, 0) is 4.79 Å². The molecule has 0 radical (unpaired) electrons. The molecular weight excluding hydrogens is 254 g/mol. The summed E-state index contributed by atoms with van der Waals surface area (Å²) in [7, 11) is 5.55. The summed E-state index contributed by atoms with van der Waals surface area (Å²) >= 11 is 0. The van der Waals surface area contributed by atoms with Gasteiger partial charge in [-0.25, -0.2) is 0 Å². The van der Waals surface area contributed by atoms with Crippen LogP contribution < -0.4 is 16.0 Å². The fourth-order valence-corrected chi connectivity index (χ4v) is 0.677. The second kappa shape index (κ2) is 36.2. The number of hydrogen-bond acceptors (Lipinski definition) is 4. The third kappa shape index (κ3) is 66.5. The molecule has 0 aromatic carbocycles. The highest BCUT2D eigenvalue weighted by molar-refractivity contribution is 5.74. The summed E-state index contributed by atoms with van der Waals surface area (Å²) in [4.78, 5) is 10.1. The van der Waals surface area contributed by atoms with Gasteiger partial charge in [0.15, 0.2) is 0 Å². The summed E-state index contributed by atoms with van der Waals surface area (Å²) in [6.07, 6.45) is 3.92. The summed E-state index contributed by atoms with van der Waals surface area (Å²) < 4.78 is 0. The van der Waals surface area contributed by atoms with E-state index in [0.29, 0.717) is 13.0 Å². The summed E-state index contributed by atoms with van der Waals surface area (Å²) in [5, 5.41) is 16.4. The van der Waals surface area contributed by atoms with Crippen LogP contribution in [0.1, 0.15) is 53.4 Å². The van der Waals surface area contributed by atoms with Crippen molar-refractivity contribution in [1.82, 2.24) is 16.0 Å². The maximum absolute atomic E-state index is 10.1. The maximum atomic E-state index is 10.1. The van der Waals surface area contributed by atoms with Crippen LogP contribution in [-0.4, -0.2) is 51.9 Å². The molecule has 1 amide bonds. The Hall–Kier alpha value is -0.650. The Labute approximate surface area is 126 Å². The van der Waals surface area contributed by atoms with Gasteiger partial charge in [0.1, 0.15) is 0 Å². The van der Waals surface area contributed by atoms with Gasteiger partial charge in [-0.3, -0.25) is 4.79 Å². The predicted molar refractivity (Wildman–Crippen MR) is 90.2 cm³/mol. The van der Waals surface area contributed by atoms with E-state index in [1.54, 1.807) is 7.05 Å². The van der Waals surface area contributed by atoms with E-state index in [1.165, 1.54) is 12.8 Å². The summed E-state index contributed by atoms with van der Waals surface area (Å²) in [5.41, 5.74) is 0. The molecule has 0 rings (SSSR count). The standard InChI is InChI=1S/C4H9NO.2C4H11N.C3H8O/c1-3-4(6)5-2;2*1-3-4-5-2;1-2-3-4/h3H2,1-2H3,(H,5,6);2*5H,3-4H2,1-2H3;4H,2-3H2,1H3. The van der Waals surface area contributed by atoms with Gasteiger partial charge in [0.2, 0.25) is 5.91 Å². The summed E-state index contributed by atoms with van der Waals surface area (Å²) in [5.74, 6) is 0.0926. The number of carbonyl (C=O) groups excluding carboxylic acids is 1. The molecule has 0 saturated heterocycles. The van der Waals surface area contributed by atoms with Crippen LogP contribution in [0.3, 0.4) is 0 Å². The zero-order valence-corrected chi connectivity index (χ0v) is 14.8. The second-order valence-corrected chi connectivity index (χ2v) is 3.96. The third-order valence-electron chi connectivity index (χ3n) is 1.82. The number of hydrogen-bond donors (Lipinski definition) is 4. The highest BCUT2D eigenvalue weighted by Gasteiger charge is 1.84. The van der Waals surface area contributed by atoms with Crippen molar-refractivity contribution in [2.24, 2.45) is 0 Å². The minimum absolute atomic E-state index is 0.0926. The predicted octanol–water partition coefficient (Wildman–Crippen LogP) is 1.76. The number of rotatable bonds is 6. The molecule has 0 unspecified atom stereocenters. The van der Waals surface area contributed by atoms with E-state index < -0.39 is 0 Å². The van der Waals surface area contributed by atoms with Gasteiger partial charge < -0.3 is 21.1 Å². The molecule has 0 heterocycles. The molecule has 0 aromatic rings. The summed E-state index contributed by atoms with van der Waals surface area (Å²) in [6, 6.07) is 0. The molecule has 4 N–H and O–H groups in total. The first-order valence-corrected chi connectivity index (χ1v) is 7.66. The van der Waals surface area contributed by atoms with Crippen LogP contribution in [0.15, 0.2) is 0 Å². The van der Waals surface area contributed by atoms with Gasteiger partial charge in [-0.1, -0.05) is 27.7 Å². The van der Waals surface area contributed by atoms with Crippen LogP contribution in [0.4, 0.5) is 0 Å². The van der Waals surface area contributed by atoms with Gasteiger partial charge in [0, 0.05) is 20.1 Å². The van der Waals surface area contributed by atoms with Crippen LogP contribution in [0, 0.1) is 0 Å². The Morgan fingerprint density at radius 2 is 1.20 bits per heavy atom. The molecule has 0 bridgehead atoms. The zero-order valence-electron chi connectivity index (χ0n) is 14.8. The monoisotopic (exact) mass is 293 g/mol. The van der Waals surface area contributed by atoms with E-state index in [1.807, 2.05) is 27.9 Å².